The van der Waals surface area contributed by atoms with Crippen LogP contribution in [0.5, 0.6) is 0 Å². The number of rotatable bonds is 7. The highest BCUT2D eigenvalue weighted by Crippen LogP contribution is 2.24. The molecule has 8 nitrogen and oxygen atoms in total. The van der Waals surface area contributed by atoms with Gasteiger partial charge in [0.05, 0.1) is 12.2 Å². The quantitative estimate of drug-likeness (QED) is 0.832. The van der Waals surface area contributed by atoms with Gasteiger partial charge in [0.25, 0.3) is 0 Å². The van der Waals surface area contributed by atoms with Crippen molar-refractivity contribution in [1.82, 2.24) is 35.3 Å². The van der Waals surface area contributed by atoms with E-state index in [0.717, 1.165) is 37.2 Å². The van der Waals surface area contributed by atoms with Crippen molar-refractivity contribution in [2.45, 2.75) is 64.0 Å². The molecule has 130 valence electrons. The summed E-state index contributed by atoms with van der Waals surface area (Å²) in [7, 11) is 1.82. The summed E-state index contributed by atoms with van der Waals surface area (Å²) in [6, 6.07) is 2.29. The molecule has 1 amide bonds. The van der Waals surface area contributed by atoms with Crippen LogP contribution in [0.1, 0.15) is 56.5 Å². The molecule has 1 fully saturated rings. The van der Waals surface area contributed by atoms with Gasteiger partial charge in [0.1, 0.15) is 0 Å². The van der Waals surface area contributed by atoms with E-state index in [4.69, 9.17) is 0 Å². The Bertz CT molecular complexity index is 631. The van der Waals surface area contributed by atoms with Crippen LogP contribution in [-0.2, 0) is 24.8 Å². The lowest BCUT2D eigenvalue weighted by Crippen LogP contribution is -2.41. The summed E-state index contributed by atoms with van der Waals surface area (Å²) in [5.74, 6) is 1.03. The Balaban J connectivity index is 1.58. The largest absolute Gasteiger partial charge is 0.334 e. The van der Waals surface area contributed by atoms with Crippen LogP contribution in [0.3, 0.4) is 0 Å². The SMILES string of the molecule is Cn1nnnc1CCCC(=O)N(Cc1cc[nH]n1)C1CCCCC1. The van der Waals surface area contributed by atoms with E-state index < -0.39 is 0 Å². The van der Waals surface area contributed by atoms with Crippen LogP contribution in [0, 0.1) is 0 Å². The lowest BCUT2D eigenvalue weighted by Gasteiger charge is -2.34. The van der Waals surface area contributed by atoms with Crippen molar-refractivity contribution in [2.24, 2.45) is 7.05 Å². The summed E-state index contributed by atoms with van der Waals surface area (Å²) in [5.41, 5.74) is 0.923. The predicted molar refractivity (Wildman–Crippen MR) is 87.7 cm³/mol. The fourth-order valence-electron chi connectivity index (χ4n) is 3.37. The zero-order valence-corrected chi connectivity index (χ0v) is 14.2. The molecule has 0 unspecified atom stereocenters. The highest BCUT2D eigenvalue weighted by molar-refractivity contribution is 5.76. The number of aromatic amines is 1. The number of hydrogen-bond donors (Lipinski definition) is 1. The molecule has 2 aromatic rings. The number of tetrazole rings is 1. The zero-order chi connectivity index (χ0) is 16.8. The van der Waals surface area contributed by atoms with Crippen molar-refractivity contribution in [3.8, 4) is 0 Å². The topological polar surface area (TPSA) is 92.6 Å². The van der Waals surface area contributed by atoms with Crippen LogP contribution in [0.25, 0.3) is 0 Å². The predicted octanol–water partition coefficient (Wildman–Crippen LogP) is 1.62. The molecule has 0 spiro atoms. The Morgan fingerprint density at radius 3 is 2.88 bits per heavy atom. The molecule has 8 heteroatoms. The van der Waals surface area contributed by atoms with Gasteiger partial charge in [-0.3, -0.25) is 9.89 Å². The normalized spacial score (nSPS) is 15.5. The van der Waals surface area contributed by atoms with Gasteiger partial charge in [0, 0.05) is 32.1 Å². The van der Waals surface area contributed by atoms with Gasteiger partial charge in [-0.1, -0.05) is 19.3 Å². The van der Waals surface area contributed by atoms with Gasteiger partial charge >= 0.3 is 0 Å². The molecule has 0 saturated heterocycles. The lowest BCUT2D eigenvalue weighted by atomic mass is 9.93. The first-order valence-electron chi connectivity index (χ1n) is 8.73. The van der Waals surface area contributed by atoms with Gasteiger partial charge in [0.2, 0.25) is 5.91 Å². The number of H-pyrrole nitrogens is 1. The third-order valence-corrected chi connectivity index (χ3v) is 4.73. The fourth-order valence-corrected chi connectivity index (χ4v) is 3.37. The number of nitrogens with zero attached hydrogens (tertiary/aromatic N) is 6. The summed E-state index contributed by atoms with van der Waals surface area (Å²) in [4.78, 5) is 14.8. The highest BCUT2D eigenvalue weighted by Gasteiger charge is 2.25. The maximum atomic E-state index is 12.8. The molecule has 1 aliphatic carbocycles. The molecule has 3 rings (SSSR count). The molecular formula is C16H25N7O. The second-order valence-electron chi connectivity index (χ2n) is 6.45. The maximum Gasteiger partial charge on any atom is 0.223 e. The summed E-state index contributed by atoms with van der Waals surface area (Å²) in [5, 5.41) is 18.5. The van der Waals surface area contributed by atoms with Gasteiger partial charge < -0.3 is 4.90 Å². The second kappa shape index (κ2) is 8.03. The molecule has 0 radical (unpaired) electrons. The first kappa shape index (κ1) is 16.6. The van der Waals surface area contributed by atoms with Crippen molar-refractivity contribution in [3.05, 3.63) is 23.8 Å². The van der Waals surface area contributed by atoms with Crippen molar-refractivity contribution in [3.63, 3.8) is 0 Å². The summed E-state index contributed by atoms with van der Waals surface area (Å²) < 4.78 is 1.66. The minimum atomic E-state index is 0.208. The molecule has 0 atom stereocenters. The zero-order valence-electron chi connectivity index (χ0n) is 14.2. The molecule has 1 N–H and O–H groups in total. The third kappa shape index (κ3) is 4.18. The molecule has 2 aromatic heterocycles. The number of hydrogen-bond acceptors (Lipinski definition) is 5. The fraction of sp³-hybridized carbons (Fsp3) is 0.688. The maximum absolute atomic E-state index is 12.8. The van der Waals surface area contributed by atoms with E-state index in [9.17, 15) is 4.79 Å². The molecule has 0 aromatic carbocycles. The summed E-state index contributed by atoms with van der Waals surface area (Å²) in [6.45, 7) is 0.596. The minimum absolute atomic E-state index is 0.208. The second-order valence-corrected chi connectivity index (χ2v) is 6.45. The van der Waals surface area contributed by atoms with E-state index in [-0.39, 0.29) is 5.91 Å². The standard InChI is InChI=1S/C16H25N7O/c1-22-15(19-20-21-22)8-5-9-16(24)23(12-13-10-11-17-18-13)14-6-3-2-4-7-14/h10-11,14H,2-9,12H2,1H3,(H,17,18). The Morgan fingerprint density at radius 2 is 2.21 bits per heavy atom. The number of amides is 1. The van der Waals surface area contributed by atoms with E-state index in [0.29, 0.717) is 19.0 Å². The lowest BCUT2D eigenvalue weighted by molar-refractivity contribution is -0.135. The number of aromatic nitrogens is 6. The number of carbonyl (C=O) groups excluding carboxylic acids is 1. The molecular weight excluding hydrogens is 306 g/mol. The minimum Gasteiger partial charge on any atom is -0.334 e. The van der Waals surface area contributed by atoms with Crippen molar-refractivity contribution in [2.75, 3.05) is 0 Å². The molecule has 0 aliphatic heterocycles. The van der Waals surface area contributed by atoms with E-state index in [2.05, 4.69) is 25.7 Å². The highest BCUT2D eigenvalue weighted by atomic mass is 16.2. The Kier molecular flexibility index (Phi) is 5.55. The van der Waals surface area contributed by atoms with E-state index >= 15 is 0 Å². The number of nitrogens with one attached hydrogen (secondary N) is 1. The van der Waals surface area contributed by atoms with Crippen LogP contribution in [-0.4, -0.2) is 47.3 Å². The van der Waals surface area contributed by atoms with Gasteiger partial charge in [-0.25, -0.2) is 4.68 Å². The Hall–Kier alpha value is -2.25. The van der Waals surface area contributed by atoms with Crippen molar-refractivity contribution < 1.29 is 4.79 Å². The summed E-state index contributed by atoms with van der Waals surface area (Å²) in [6.07, 6.45) is 9.70. The third-order valence-electron chi connectivity index (χ3n) is 4.73. The van der Waals surface area contributed by atoms with Crippen LogP contribution in [0.15, 0.2) is 12.3 Å². The van der Waals surface area contributed by atoms with Crippen LogP contribution in [0.2, 0.25) is 0 Å². The van der Waals surface area contributed by atoms with E-state index in [1.807, 2.05) is 18.0 Å². The van der Waals surface area contributed by atoms with Gasteiger partial charge in [-0.15, -0.1) is 5.10 Å². The monoisotopic (exact) mass is 331 g/mol. The smallest absolute Gasteiger partial charge is 0.223 e. The first-order chi connectivity index (χ1) is 11.7. The molecule has 2 heterocycles. The van der Waals surface area contributed by atoms with Gasteiger partial charge in [-0.05, 0) is 35.8 Å². The Morgan fingerprint density at radius 1 is 1.38 bits per heavy atom. The molecule has 24 heavy (non-hydrogen) atoms. The van der Waals surface area contributed by atoms with Crippen LogP contribution >= 0.6 is 0 Å². The van der Waals surface area contributed by atoms with E-state index in [1.165, 1.54) is 19.3 Å². The van der Waals surface area contributed by atoms with Crippen molar-refractivity contribution in [1.29, 1.82) is 0 Å². The first-order valence-corrected chi connectivity index (χ1v) is 8.73. The molecule has 1 saturated carbocycles. The van der Waals surface area contributed by atoms with Crippen LogP contribution < -0.4 is 0 Å². The van der Waals surface area contributed by atoms with E-state index in [1.54, 1.807) is 10.9 Å². The molecule has 1 aliphatic rings. The average Bonchev–Trinajstić information content (AvgIpc) is 3.25. The van der Waals surface area contributed by atoms with Gasteiger partial charge in [0.15, 0.2) is 5.82 Å². The number of carbonyl (C=O) groups is 1. The average molecular weight is 331 g/mol. The Labute approximate surface area is 141 Å². The summed E-state index contributed by atoms with van der Waals surface area (Å²) >= 11 is 0. The molecule has 0 bridgehead atoms. The van der Waals surface area contributed by atoms with Crippen LogP contribution in [0.4, 0.5) is 0 Å². The van der Waals surface area contributed by atoms with Gasteiger partial charge in [-0.2, -0.15) is 5.10 Å². The van der Waals surface area contributed by atoms with Crippen molar-refractivity contribution >= 4 is 5.91 Å². The number of aryl methyl sites for hydroxylation is 2.